The summed E-state index contributed by atoms with van der Waals surface area (Å²) >= 11 is 0. The minimum Gasteiger partial charge on any atom is -0.285 e. The lowest BCUT2D eigenvalue weighted by atomic mass is 9.91. The third kappa shape index (κ3) is 3.63. The van der Waals surface area contributed by atoms with Gasteiger partial charge in [0.2, 0.25) is 5.82 Å². The van der Waals surface area contributed by atoms with Gasteiger partial charge < -0.3 is 0 Å². The predicted octanol–water partition coefficient (Wildman–Crippen LogP) is 3.34. The summed E-state index contributed by atoms with van der Waals surface area (Å²) in [5.74, 6) is 0.665. The molecule has 1 aromatic carbocycles. The second kappa shape index (κ2) is 7.34. The molecule has 0 N–H and O–H groups in total. The monoisotopic (exact) mass is 332 g/mol. The molecular formula is C19H20N6. The fourth-order valence-electron chi connectivity index (χ4n) is 3.23. The molecule has 25 heavy (non-hydrogen) atoms. The molecule has 0 amide bonds. The van der Waals surface area contributed by atoms with Crippen LogP contribution in [0.3, 0.4) is 0 Å². The van der Waals surface area contributed by atoms with Crippen LogP contribution in [0.1, 0.15) is 37.4 Å². The Morgan fingerprint density at radius 2 is 1.84 bits per heavy atom. The van der Waals surface area contributed by atoms with E-state index in [1.54, 1.807) is 11.0 Å². The molecule has 1 aliphatic carbocycles. The van der Waals surface area contributed by atoms with Gasteiger partial charge in [-0.1, -0.05) is 49.2 Å². The Balaban J connectivity index is 1.55. The van der Waals surface area contributed by atoms with Crippen LogP contribution in [-0.2, 0) is 0 Å². The zero-order chi connectivity index (χ0) is 16.9. The van der Waals surface area contributed by atoms with E-state index in [0.717, 1.165) is 24.1 Å². The smallest absolute Gasteiger partial charge is 0.204 e. The molecule has 6 nitrogen and oxygen atoms in total. The van der Waals surface area contributed by atoms with Crippen LogP contribution in [0, 0.1) is 0 Å². The third-order valence-electron chi connectivity index (χ3n) is 4.54. The van der Waals surface area contributed by atoms with E-state index < -0.39 is 0 Å². The second-order valence-corrected chi connectivity index (χ2v) is 6.25. The van der Waals surface area contributed by atoms with Gasteiger partial charge in [-0.05, 0) is 30.2 Å². The molecule has 0 spiro atoms. The van der Waals surface area contributed by atoms with Gasteiger partial charge in [-0.15, -0.1) is 10.2 Å². The van der Waals surface area contributed by atoms with Gasteiger partial charge in [0.25, 0.3) is 0 Å². The number of tetrazole rings is 1. The number of pyridine rings is 1. The molecule has 0 bridgehead atoms. The lowest BCUT2D eigenvalue weighted by molar-refractivity contribution is 0.262. The standard InChI is InChI=1S/C19H20N6/c1-2-8-15(9-3-1)19-22-24-25(23-19)18-12-5-4-11-17(18)21-14-16-10-6-7-13-20-16/h1-3,6-10,13-14,17-18H,4-5,11-12H2/t17-,18-/m0/s1. The SMILES string of the molecule is C(=N[C@H]1CCCC[C@@H]1n1nnc(-c2ccccc2)n1)c1ccccn1. The molecule has 1 aliphatic rings. The second-order valence-electron chi connectivity index (χ2n) is 6.25. The van der Waals surface area contributed by atoms with Gasteiger partial charge in [0, 0.05) is 18.0 Å². The summed E-state index contributed by atoms with van der Waals surface area (Å²) in [5.41, 5.74) is 1.86. The van der Waals surface area contributed by atoms with Crippen LogP contribution in [0.4, 0.5) is 0 Å². The molecule has 1 fully saturated rings. The summed E-state index contributed by atoms with van der Waals surface area (Å²) in [6.45, 7) is 0. The van der Waals surface area contributed by atoms with Crippen LogP contribution < -0.4 is 0 Å². The van der Waals surface area contributed by atoms with E-state index in [0.29, 0.717) is 5.82 Å². The maximum Gasteiger partial charge on any atom is 0.204 e. The van der Waals surface area contributed by atoms with Crippen LogP contribution in [0.2, 0.25) is 0 Å². The van der Waals surface area contributed by atoms with Crippen molar-refractivity contribution in [2.45, 2.75) is 37.8 Å². The van der Waals surface area contributed by atoms with E-state index in [-0.39, 0.29) is 12.1 Å². The lowest BCUT2D eigenvalue weighted by Gasteiger charge is -2.27. The molecule has 2 atom stereocenters. The highest BCUT2D eigenvalue weighted by Crippen LogP contribution is 2.30. The Kier molecular flexibility index (Phi) is 4.59. The maximum absolute atomic E-state index is 4.78. The Bertz CT molecular complexity index is 827. The Labute approximate surface area is 146 Å². The van der Waals surface area contributed by atoms with Gasteiger partial charge in [0.1, 0.15) is 0 Å². The fraction of sp³-hybridized carbons (Fsp3) is 0.316. The van der Waals surface area contributed by atoms with E-state index in [4.69, 9.17) is 4.99 Å². The van der Waals surface area contributed by atoms with Crippen LogP contribution >= 0.6 is 0 Å². The average Bonchev–Trinajstić information content (AvgIpc) is 3.18. The molecule has 0 saturated heterocycles. The normalized spacial score (nSPS) is 20.8. The van der Waals surface area contributed by atoms with Crippen LogP contribution in [-0.4, -0.2) is 37.4 Å². The maximum atomic E-state index is 4.78. The van der Waals surface area contributed by atoms with Gasteiger partial charge >= 0.3 is 0 Å². The van der Waals surface area contributed by atoms with Crippen molar-refractivity contribution < 1.29 is 0 Å². The summed E-state index contributed by atoms with van der Waals surface area (Å²) in [6.07, 6.45) is 8.05. The Hall–Kier alpha value is -2.89. The minimum atomic E-state index is 0.152. The number of aromatic nitrogens is 5. The first-order chi connectivity index (χ1) is 12.4. The van der Waals surface area contributed by atoms with Crippen molar-refractivity contribution in [2.75, 3.05) is 0 Å². The molecular weight excluding hydrogens is 312 g/mol. The predicted molar refractivity (Wildman–Crippen MR) is 96.4 cm³/mol. The highest BCUT2D eigenvalue weighted by atomic mass is 15.6. The van der Waals surface area contributed by atoms with E-state index >= 15 is 0 Å². The lowest BCUT2D eigenvalue weighted by Crippen LogP contribution is -2.28. The highest BCUT2D eigenvalue weighted by molar-refractivity contribution is 5.76. The Morgan fingerprint density at radius 1 is 1.00 bits per heavy atom. The van der Waals surface area contributed by atoms with Crippen molar-refractivity contribution in [2.24, 2.45) is 4.99 Å². The van der Waals surface area contributed by atoms with E-state index in [2.05, 4.69) is 20.4 Å². The largest absolute Gasteiger partial charge is 0.285 e. The van der Waals surface area contributed by atoms with Gasteiger partial charge in [0.05, 0.1) is 17.8 Å². The molecule has 2 heterocycles. The zero-order valence-electron chi connectivity index (χ0n) is 13.9. The average molecular weight is 332 g/mol. The van der Waals surface area contributed by atoms with Crippen molar-refractivity contribution in [3.63, 3.8) is 0 Å². The molecule has 0 unspecified atom stereocenters. The summed E-state index contributed by atoms with van der Waals surface area (Å²) in [5, 5.41) is 13.2. The third-order valence-corrected chi connectivity index (χ3v) is 4.54. The van der Waals surface area contributed by atoms with Crippen molar-refractivity contribution in [1.29, 1.82) is 0 Å². The molecule has 126 valence electrons. The number of benzene rings is 1. The van der Waals surface area contributed by atoms with E-state index in [1.165, 1.54) is 12.8 Å². The molecule has 3 aromatic rings. The summed E-state index contributed by atoms with van der Waals surface area (Å²) < 4.78 is 0. The van der Waals surface area contributed by atoms with Crippen LogP contribution in [0.25, 0.3) is 11.4 Å². The van der Waals surface area contributed by atoms with Crippen molar-refractivity contribution in [3.05, 3.63) is 60.4 Å². The van der Waals surface area contributed by atoms with Gasteiger partial charge in [-0.25, -0.2) is 0 Å². The Morgan fingerprint density at radius 3 is 2.68 bits per heavy atom. The van der Waals surface area contributed by atoms with Gasteiger partial charge in [-0.3, -0.25) is 9.98 Å². The van der Waals surface area contributed by atoms with Crippen LogP contribution in [0.5, 0.6) is 0 Å². The van der Waals surface area contributed by atoms with Gasteiger partial charge in [-0.2, -0.15) is 4.80 Å². The van der Waals surface area contributed by atoms with Crippen molar-refractivity contribution in [3.8, 4) is 11.4 Å². The molecule has 0 aliphatic heterocycles. The quantitative estimate of drug-likeness (QED) is 0.687. The zero-order valence-corrected chi connectivity index (χ0v) is 13.9. The summed E-state index contributed by atoms with van der Waals surface area (Å²) in [6, 6.07) is 16.1. The van der Waals surface area contributed by atoms with Crippen LogP contribution in [0.15, 0.2) is 59.7 Å². The highest BCUT2D eigenvalue weighted by Gasteiger charge is 2.28. The number of rotatable bonds is 4. The first-order valence-corrected chi connectivity index (χ1v) is 8.69. The van der Waals surface area contributed by atoms with Gasteiger partial charge in [0.15, 0.2) is 0 Å². The summed E-state index contributed by atoms with van der Waals surface area (Å²) in [7, 11) is 0. The number of hydrogen-bond donors (Lipinski definition) is 0. The number of aliphatic imine (C=N–C) groups is 1. The molecule has 1 saturated carbocycles. The van der Waals surface area contributed by atoms with E-state index in [1.807, 2.05) is 54.7 Å². The molecule has 6 heteroatoms. The summed E-state index contributed by atoms with van der Waals surface area (Å²) in [4.78, 5) is 10.8. The van der Waals surface area contributed by atoms with Crippen molar-refractivity contribution in [1.82, 2.24) is 25.2 Å². The molecule has 0 radical (unpaired) electrons. The number of nitrogens with zero attached hydrogens (tertiary/aromatic N) is 6. The first-order valence-electron chi connectivity index (χ1n) is 8.69. The minimum absolute atomic E-state index is 0.152. The van der Waals surface area contributed by atoms with Crippen molar-refractivity contribution >= 4 is 6.21 Å². The topological polar surface area (TPSA) is 68.8 Å². The van der Waals surface area contributed by atoms with E-state index in [9.17, 15) is 0 Å². The fourth-order valence-corrected chi connectivity index (χ4v) is 3.23. The molecule has 4 rings (SSSR count). The number of hydrogen-bond acceptors (Lipinski definition) is 5. The molecule has 2 aromatic heterocycles. The first kappa shape index (κ1) is 15.6.